The minimum atomic E-state index is -1.38. The minimum Gasteiger partial charge on any atom is -0.468 e. The highest BCUT2D eigenvalue weighted by molar-refractivity contribution is 6.24. The third-order valence-electron chi connectivity index (χ3n) is 5.64. The number of carbonyl (C=O) groups excluding carboxylic acids is 3. The van der Waals surface area contributed by atoms with E-state index < -0.39 is 47.0 Å². The van der Waals surface area contributed by atoms with Crippen molar-refractivity contribution in [3.63, 3.8) is 0 Å². The highest BCUT2D eigenvalue weighted by Gasteiger charge is 2.67. The molecule has 2 heterocycles. The molecule has 2 saturated heterocycles. The van der Waals surface area contributed by atoms with Crippen LogP contribution in [0, 0.1) is 17.7 Å². The lowest BCUT2D eigenvalue weighted by atomic mass is 9.80. The number of rotatable bonds is 3. The Morgan fingerprint density at radius 2 is 1.71 bits per heavy atom. The van der Waals surface area contributed by atoms with Crippen molar-refractivity contribution < 1.29 is 23.5 Å². The first-order valence-electron chi connectivity index (χ1n) is 8.93. The molecule has 2 amide bonds. The lowest BCUT2D eigenvalue weighted by Gasteiger charge is -2.28. The summed E-state index contributed by atoms with van der Waals surface area (Å²) in [5.74, 6) is -3.61. The number of carbonyl (C=O) groups is 3. The molecule has 4 atom stereocenters. The van der Waals surface area contributed by atoms with Gasteiger partial charge >= 0.3 is 5.97 Å². The van der Waals surface area contributed by atoms with Gasteiger partial charge in [-0.3, -0.25) is 19.7 Å². The number of fused-ring (bicyclic) bond motifs is 1. The number of benzene rings is 2. The quantitative estimate of drug-likeness (QED) is 0.651. The lowest BCUT2D eigenvalue weighted by molar-refractivity contribution is -0.151. The van der Waals surface area contributed by atoms with Gasteiger partial charge in [-0.15, -0.1) is 0 Å². The van der Waals surface area contributed by atoms with E-state index >= 15 is 0 Å². The SMILES string of the molecule is COC(=O)[C@]1(C)N[C@@H](c2ccc(F)cc2)[C@H]2C(=O)N(c3ccccc3)C(=O)[C@H]21. The topological polar surface area (TPSA) is 75.7 Å². The van der Waals surface area contributed by atoms with Crippen molar-refractivity contribution in [2.45, 2.75) is 18.5 Å². The smallest absolute Gasteiger partial charge is 0.326 e. The summed E-state index contributed by atoms with van der Waals surface area (Å²) in [6.07, 6.45) is 0. The Balaban J connectivity index is 1.82. The number of methoxy groups -OCH3 is 1. The van der Waals surface area contributed by atoms with Gasteiger partial charge in [-0.1, -0.05) is 30.3 Å². The molecular formula is C21H19FN2O4. The molecule has 2 aromatic carbocycles. The van der Waals surface area contributed by atoms with Gasteiger partial charge in [0.15, 0.2) is 0 Å². The van der Waals surface area contributed by atoms with Gasteiger partial charge in [0.05, 0.1) is 24.6 Å². The standard InChI is InChI=1S/C21H19FN2O4/c1-21(20(27)28-2)16-15(17(23-21)12-8-10-13(22)11-9-12)18(25)24(19(16)26)14-6-4-3-5-7-14/h3-11,15-17,23H,1-2H3/t15-,16-,17-,21+/m0/s1. The molecule has 0 bridgehead atoms. The maximum absolute atomic E-state index is 13.4. The monoisotopic (exact) mass is 382 g/mol. The largest absolute Gasteiger partial charge is 0.468 e. The number of nitrogens with zero attached hydrogens (tertiary/aromatic N) is 1. The number of amides is 2. The molecule has 2 aromatic rings. The lowest BCUT2D eigenvalue weighted by Crippen LogP contribution is -2.54. The van der Waals surface area contributed by atoms with Crippen molar-refractivity contribution in [3.8, 4) is 0 Å². The average Bonchev–Trinajstić information content (AvgIpc) is 3.16. The first-order chi connectivity index (χ1) is 13.4. The maximum atomic E-state index is 13.4. The third kappa shape index (κ3) is 2.54. The fourth-order valence-corrected chi connectivity index (χ4v) is 4.33. The van der Waals surface area contributed by atoms with E-state index in [1.807, 2.05) is 0 Å². The van der Waals surface area contributed by atoms with Gasteiger partial charge in [-0.25, -0.2) is 9.29 Å². The molecule has 2 aliphatic heterocycles. The first kappa shape index (κ1) is 18.3. The van der Waals surface area contributed by atoms with E-state index in [9.17, 15) is 18.8 Å². The van der Waals surface area contributed by atoms with Crippen LogP contribution in [0.5, 0.6) is 0 Å². The van der Waals surface area contributed by atoms with Crippen LogP contribution in [0.15, 0.2) is 54.6 Å². The van der Waals surface area contributed by atoms with Crippen LogP contribution < -0.4 is 10.2 Å². The molecule has 6 nitrogen and oxygen atoms in total. The molecule has 0 aliphatic carbocycles. The van der Waals surface area contributed by atoms with Gasteiger partial charge in [0.25, 0.3) is 0 Å². The van der Waals surface area contributed by atoms with E-state index in [1.165, 1.54) is 19.2 Å². The fourth-order valence-electron chi connectivity index (χ4n) is 4.33. The highest BCUT2D eigenvalue weighted by atomic mass is 19.1. The van der Waals surface area contributed by atoms with E-state index in [0.29, 0.717) is 11.3 Å². The zero-order valence-electron chi connectivity index (χ0n) is 15.4. The molecule has 0 aromatic heterocycles. The van der Waals surface area contributed by atoms with Crippen LogP contribution in [0.4, 0.5) is 10.1 Å². The minimum absolute atomic E-state index is 0.393. The molecule has 0 spiro atoms. The Kier molecular flexibility index (Phi) is 4.27. The molecule has 28 heavy (non-hydrogen) atoms. The summed E-state index contributed by atoms with van der Waals surface area (Å²) in [5, 5.41) is 3.12. The number of imide groups is 1. The van der Waals surface area contributed by atoms with Crippen LogP contribution in [0.3, 0.4) is 0 Å². The number of hydrogen-bond acceptors (Lipinski definition) is 5. The van der Waals surface area contributed by atoms with Gasteiger partial charge < -0.3 is 4.74 Å². The first-order valence-corrected chi connectivity index (χ1v) is 8.93. The Morgan fingerprint density at radius 3 is 2.32 bits per heavy atom. The van der Waals surface area contributed by atoms with E-state index in [-0.39, 0.29) is 0 Å². The van der Waals surface area contributed by atoms with Crippen molar-refractivity contribution in [1.82, 2.24) is 5.32 Å². The van der Waals surface area contributed by atoms with Gasteiger partial charge in [0.1, 0.15) is 11.4 Å². The molecule has 0 radical (unpaired) electrons. The number of esters is 1. The van der Waals surface area contributed by atoms with Gasteiger partial charge in [0.2, 0.25) is 11.8 Å². The Bertz CT molecular complexity index is 947. The predicted octanol–water partition coefficient (Wildman–Crippen LogP) is 2.21. The number of hydrogen-bond donors (Lipinski definition) is 1. The average molecular weight is 382 g/mol. The third-order valence-corrected chi connectivity index (χ3v) is 5.64. The molecule has 144 valence electrons. The second-order valence-corrected chi connectivity index (χ2v) is 7.22. The van der Waals surface area contributed by atoms with E-state index in [2.05, 4.69) is 5.32 Å². The molecular weight excluding hydrogens is 363 g/mol. The second-order valence-electron chi connectivity index (χ2n) is 7.22. The van der Waals surface area contributed by atoms with E-state index in [1.54, 1.807) is 49.4 Å². The van der Waals surface area contributed by atoms with Gasteiger partial charge in [-0.2, -0.15) is 0 Å². The highest BCUT2D eigenvalue weighted by Crippen LogP contribution is 2.49. The van der Waals surface area contributed by atoms with E-state index in [4.69, 9.17) is 4.74 Å². The summed E-state index contributed by atoms with van der Waals surface area (Å²) in [7, 11) is 1.24. The summed E-state index contributed by atoms with van der Waals surface area (Å²) in [5.41, 5.74) is -0.300. The van der Waals surface area contributed by atoms with Crippen LogP contribution in [-0.4, -0.2) is 30.4 Å². The number of nitrogens with one attached hydrogen (secondary N) is 1. The number of halogens is 1. The fraction of sp³-hybridized carbons (Fsp3) is 0.286. The summed E-state index contributed by atoms with van der Waals surface area (Å²) in [4.78, 5) is 40.3. The second kappa shape index (κ2) is 6.53. The Labute approximate surface area is 161 Å². The van der Waals surface area contributed by atoms with Crippen molar-refractivity contribution >= 4 is 23.5 Å². The van der Waals surface area contributed by atoms with Crippen LogP contribution in [0.1, 0.15) is 18.5 Å². The molecule has 2 aliphatic rings. The van der Waals surface area contributed by atoms with Crippen LogP contribution in [0.2, 0.25) is 0 Å². The summed E-state index contributed by atoms with van der Waals surface area (Å²) in [6, 6.07) is 13.7. The number of ether oxygens (including phenoxy) is 1. The summed E-state index contributed by atoms with van der Waals surface area (Å²) < 4.78 is 18.3. The zero-order valence-corrected chi connectivity index (χ0v) is 15.4. The van der Waals surface area contributed by atoms with Crippen molar-refractivity contribution in [2.24, 2.45) is 11.8 Å². The van der Waals surface area contributed by atoms with Crippen molar-refractivity contribution in [3.05, 3.63) is 66.0 Å². The van der Waals surface area contributed by atoms with Crippen molar-refractivity contribution in [1.29, 1.82) is 0 Å². The number of para-hydroxylation sites is 1. The molecule has 1 N–H and O–H groups in total. The summed E-state index contributed by atoms with van der Waals surface area (Å²) >= 11 is 0. The van der Waals surface area contributed by atoms with Gasteiger partial charge in [-0.05, 0) is 36.8 Å². The molecule has 0 saturated carbocycles. The summed E-state index contributed by atoms with van der Waals surface area (Å²) in [6.45, 7) is 1.57. The predicted molar refractivity (Wildman–Crippen MR) is 98.6 cm³/mol. The Hall–Kier alpha value is -3.06. The van der Waals surface area contributed by atoms with Crippen LogP contribution in [-0.2, 0) is 19.1 Å². The number of anilines is 1. The van der Waals surface area contributed by atoms with Gasteiger partial charge in [0, 0.05) is 6.04 Å². The van der Waals surface area contributed by atoms with E-state index in [0.717, 1.165) is 4.90 Å². The van der Waals surface area contributed by atoms with Crippen LogP contribution in [0.25, 0.3) is 0 Å². The van der Waals surface area contributed by atoms with Crippen LogP contribution >= 0.6 is 0 Å². The Morgan fingerprint density at radius 1 is 1.07 bits per heavy atom. The maximum Gasteiger partial charge on any atom is 0.326 e. The normalized spacial score (nSPS) is 29.1. The molecule has 2 fully saturated rings. The van der Waals surface area contributed by atoms with Crippen molar-refractivity contribution in [2.75, 3.05) is 12.0 Å². The molecule has 7 heteroatoms. The molecule has 0 unspecified atom stereocenters. The zero-order chi connectivity index (χ0) is 20.1. The molecule has 4 rings (SSSR count).